The number of imide groups is 1. The maximum atomic E-state index is 13.4. The molecule has 0 fully saturated rings. The van der Waals surface area contributed by atoms with Gasteiger partial charge in [-0.1, -0.05) is 72.3 Å². The Bertz CT molecular complexity index is 1850. The van der Waals surface area contributed by atoms with Gasteiger partial charge in [0.25, 0.3) is 21.9 Å². The number of hydrogen-bond donors (Lipinski definition) is 1. The molecule has 0 aliphatic carbocycles. The molecular weight excluding hydrogens is 552 g/mol. The van der Waals surface area contributed by atoms with Crippen LogP contribution in [0.15, 0.2) is 108 Å². The number of amides is 2. The zero-order valence-corrected chi connectivity index (χ0v) is 23.6. The van der Waals surface area contributed by atoms with Crippen LogP contribution in [0.3, 0.4) is 0 Å². The van der Waals surface area contributed by atoms with Gasteiger partial charge in [0.15, 0.2) is 0 Å². The Balaban J connectivity index is 1.30. The van der Waals surface area contributed by atoms with Crippen LogP contribution < -0.4 is 4.74 Å². The molecule has 1 N–H and O–H groups in total. The van der Waals surface area contributed by atoms with Gasteiger partial charge in [-0.25, -0.2) is 0 Å². The van der Waals surface area contributed by atoms with Crippen molar-refractivity contribution in [3.63, 3.8) is 0 Å². The van der Waals surface area contributed by atoms with E-state index >= 15 is 0 Å². The average Bonchev–Trinajstić information content (AvgIpc) is 3.53. The number of aromatic nitrogens is 1. The topological polar surface area (TPSA) is 106 Å². The monoisotopic (exact) mass is 580 g/mol. The van der Waals surface area contributed by atoms with Gasteiger partial charge in [-0.2, -0.15) is 8.42 Å². The lowest BCUT2D eigenvalue weighted by molar-refractivity contribution is 0.0534. The third kappa shape index (κ3) is 5.32. The minimum absolute atomic E-state index is 0.00140. The molecule has 212 valence electrons. The van der Waals surface area contributed by atoms with Crippen molar-refractivity contribution in [2.24, 2.45) is 0 Å². The minimum atomic E-state index is -4.14. The molecule has 0 spiro atoms. The normalized spacial score (nSPS) is 13.9. The molecule has 0 unspecified atom stereocenters. The number of nitrogens with zero attached hydrogens (tertiary/aromatic N) is 1. The van der Waals surface area contributed by atoms with Gasteiger partial charge in [-0.05, 0) is 54.8 Å². The van der Waals surface area contributed by atoms with Crippen molar-refractivity contribution in [3.8, 4) is 5.75 Å². The fourth-order valence-corrected chi connectivity index (χ4v) is 6.11. The molecule has 0 radical (unpaired) electrons. The van der Waals surface area contributed by atoms with Crippen LogP contribution in [0, 0.1) is 6.92 Å². The summed E-state index contributed by atoms with van der Waals surface area (Å²) in [5.74, 6) is -0.314. The van der Waals surface area contributed by atoms with E-state index in [2.05, 4.69) is 4.98 Å². The summed E-state index contributed by atoms with van der Waals surface area (Å²) in [5, 5.41) is 0.837. The van der Waals surface area contributed by atoms with E-state index in [-0.39, 0.29) is 22.4 Å². The molecule has 2 heterocycles. The van der Waals surface area contributed by atoms with Crippen molar-refractivity contribution in [3.05, 3.63) is 131 Å². The van der Waals surface area contributed by atoms with Crippen LogP contribution in [0.5, 0.6) is 5.75 Å². The molecule has 1 aliphatic heterocycles. The van der Waals surface area contributed by atoms with Crippen molar-refractivity contribution in [2.45, 2.75) is 30.9 Å². The van der Waals surface area contributed by atoms with Crippen LogP contribution in [0.25, 0.3) is 10.9 Å². The Labute approximate surface area is 243 Å². The first-order valence-corrected chi connectivity index (χ1v) is 14.9. The van der Waals surface area contributed by atoms with Gasteiger partial charge in [-0.3, -0.25) is 18.7 Å². The molecule has 0 saturated heterocycles. The van der Waals surface area contributed by atoms with Crippen molar-refractivity contribution in [1.29, 1.82) is 0 Å². The van der Waals surface area contributed by atoms with Crippen molar-refractivity contribution in [2.75, 3.05) is 6.61 Å². The highest BCUT2D eigenvalue weighted by molar-refractivity contribution is 7.86. The van der Waals surface area contributed by atoms with Gasteiger partial charge in [0.2, 0.25) is 0 Å². The van der Waals surface area contributed by atoms with Gasteiger partial charge < -0.3 is 9.72 Å². The smallest absolute Gasteiger partial charge is 0.297 e. The highest BCUT2D eigenvalue weighted by Gasteiger charge is 2.40. The van der Waals surface area contributed by atoms with Crippen LogP contribution in [-0.4, -0.2) is 42.8 Å². The van der Waals surface area contributed by atoms with Gasteiger partial charge in [0.1, 0.15) is 12.4 Å². The molecular formula is C33H28N2O6S. The number of H-pyrrole nitrogens is 1. The average molecular weight is 581 g/mol. The van der Waals surface area contributed by atoms with E-state index in [1.165, 1.54) is 12.1 Å². The Kier molecular flexibility index (Phi) is 7.36. The molecule has 1 aromatic heterocycles. The predicted octanol–water partition coefficient (Wildman–Crippen LogP) is 5.67. The summed E-state index contributed by atoms with van der Waals surface area (Å²) in [5.41, 5.74) is 4.04. The van der Waals surface area contributed by atoms with Crippen LogP contribution in [0.4, 0.5) is 0 Å². The van der Waals surface area contributed by atoms with E-state index in [1.54, 1.807) is 42.6 Å². The van der Waals surface area contributed by atoms with Crippen LogP contribution >= 0.6 is 0 Å². The Morgan fingerprint density at radius 1 is 0.810 bits per heavy atom. The molecule has 1 atom stereocenters. The minimum Gasteiger partial charge on any atom is -0.487 e. The highest BCUT2D eigenvalue weighted by atomic mass is 32.2. The lowest BCUT2D eigenvalue weighted by Crippen LogP contribution is -2.44. The number of ether oxygens (including phenoxy) is 1. The molecule has 42 heavy (non-hydrogen) atoms. The van der Waals surface area contributed by atoms with Crippen molar-refractivity contribution in [1.82, 2.24) is 9.88 Å². The number of para-hydroxylation sites is 1. The number of nitrogens with one attached hydrogen (secondary N) is 1. The first-order chi connectivity index (χ1) is 20.3. The summed E-state index contributed by atoms with van der Waals surface area (Å²) < 4.78 is 37.7. The fraction of sp³-hybridized carbons (Fsp3) is 0.152. The second-order valence-electron chi connectivity index (χ2n) is 10.2. The van der Waals surface area contributed by atoms with Crippen LogP contribution in [0.1, 0.15) is 37.4 Å². The van der Waals surface area contributed by atoms with E-state index in [9.17, 15) is 18.0 Å². The Morgan fingerprint density at radius 3 is 2.17 bits per heavy atom. The number of benzene rings is 4. The lowest BCUT2D eigenvalue weighted by atomic mass is 10.0. The van der Waals surface area contributed by atoms with E-state index in [1.807, 2.05) is 55.5 Å². The van der Waals surface area contributed by atoms with E-state index in [4.69, 9.17) is 8.92 Å². The lowest BCUT2D eigenvalue weighted by Gasteiger charge is -2.26. The summed E-state index contributed by atoms with van der Waals surface area (Å²) in [7, 11) is -4.14. The fourth-order valence-electron chi connectivity index (χ4n) is 5.17. The first-order valence-electron chi connectivity index (χ1n) is 13.5. The Hall–Kier alpha value is -4.73. The molecule has 8 nitrogen and oxygen atoms in total. The second kappa shape index (κ2) is 11.3. The first kappa shape index (κ1) is 27.4. The summed E-state index contributed by atoms with van der Waals surface area (Å²) in [6.45, 7) is 1.84. The highest BCUT2D eigenvalue weighted by Crippen LogP contribution is 2.32. The van der Waals surface area contributed by atoms with Crippen LogP contribution in [-0.2, 0) is 27.3 Å². The SMILES string of the molecule is Cc1ccc(S(=O)(=O)OC[C@H](Cc2c[nH]c3c(OCc4ccccc4)cccc23)N2C(=O)c3ccccc3C2=O)cc1. The Morgan fingerprint density at radius 2 is 1.48 bits per heavy atom. The summed E-state index contributed by atoms with van der Waals surface area (Å²) >= 11 is 0. The molecule has 2 amide bonds. The molecule has 9 heteroatoms. The van der Waals surface area contributed by atoms with E-state index in [0.29, 0.717) is 12.4 Å². The molecule has 5 aromatic rings. The van der Waals surface area contributed by atoms with Gasteiger partial charge in [-0.15, -0.1) is 0 Å². The number of fused-ring (bicyclic) bond motifs is 2. The zero-order chi connectivity index (χ0) is 29.3. The number of aryl methyl sites for hydroxylation is 1. The standard InChI is InChI=1S/C33H28N2O6S/c1-22-14-16-26(17-15-22)42(38,39)41-21-25(35-32(36)28-10-5-6-11-29(28)33(35)37)18-24-19-34-31-27(24)12-7-13-30(31)40-20-23-8-3-2-4-9-23/h2-17,19,25,34H,18,20-21H2,1H3/t25-/m0/s1. The maximum absolute atomic E-state index is 13.4. The van der Waals surface area contributed by atoms with E-state index in [0.717, 1.165) is 32.5 Å². The molecule has 6 rings (SSSR count). The third-order valence-electron chi connectivity index (χ3n) is 7.37. The van der Waals surface area contributed by atoms with Crippen LogP contribution in [0.2, 0.25) is 0 Å². The van der Waals surface area contributed by atoms with E-state index < -0.39 is 34.6 Å². The molecule has 0 saturated carbocycles. The summed E-state index contributed by atoms with van der Waals surface area (Å²) in [4.78, 5) is 31.2. The van der Waals surface area contributed by atoms with Gasteiger partial charge in [0, 0.05) is 11.6 Å². The number of aromatic amines is 1. The van der Waals surface area contributed by atoms with Crippen molar-refractivity contribution >= 4 is 32.8 Å². The maximum Gasteiger partial charge on any atom is 0.297 e. The largest absolute Gasteiger partial charge is 0.487 e. The molecule has 4 aromatic carbocycles. The van der Waals surface area contributed by atoms with Gasteiger partial charge >= 0.3 is 0 Å². The second-order valence-corrected chi connectivity index (χ2v) is 11.8. The number of hydrogen-bond acceptors (Lipinski definition) is 6. The number of carbonyl (C=O) groups is 2. The summed E-state index contributed by atoms with van der Waals surface area (Å²) in [6, 6.07) is 27.5. The predicted molar refractivity (Wildman–Crippen MR) is 158 cm³/mol. The van der Waals surface area contributed by atoms with Crippen molar-refractivity contribution < 1.29 is 26.9 Å². The third-order valence-corrected chi connectivity index (χ3v) is 8.67. The zero-order valence-electron chi connectivity index (χ0n) is 22.8. The quantitative estimate of drug-likeness (QED) is 0.169. The molecule has 0 bridgehead atoms. The molecule has 1 aliphatic rings. The number of carbonyl (C=O) groups excluding carboxylic acids is 2. The van der Waals surface area contributed by atoms with Gasteiger partial charge in [0.05, 0.1) is 34.2 Å². The number of rotatable bonds is 10. The summed E-state index contributed by atoms with van der Waals surface area (Å²) in [6.07, 6.45) is 1.96.